The minimum absolute atomic E-state index is 0.0388. The van der Waals surface area contributed by atoms with E-state index in [9.17, 15) is 10.1 Å². The predicted molar refractivity (Wildman–Crippen MR) is 97.3 cm³/mol. The lowest BCUT2D eigenvalue weighted by Crippen LogP contribution is -2.14. The Morgan fingerprint density at radius 3 is 2.69 bits per heavy atom. The normalized spacial score (nSPS) is 12.5. The Morgan fingerprint density at radius 1 is 1.27 bits per heavy atom. The minimum atomic E-state index is -0.485. The molecule has 0 unspecified atom stereocenters. The monoisotopic (exact) mass is 350 g/mol. The molecule has 0 fully saturated rings. The van der Waals surface area contributed by atoms with Crippen LogP contribution < -0.4 is 19.5 Å². The molecule has 0 saturated heterocycles. The van der Waals surface area contributed by atoms with E-state index in [1.807, 2.05) is 32.0 Å². The molecule has 0 aromatic heterocycles. The van der Waals surface area contributed by atoms with Crippen molar-refractivity contribution >= 4 is 17.7 Å². The van der Waals surface area contributed by atoms with Gasteiger partial charge in [-0.3, -0.25) is 4.79 Å². The van der Waals surface area contributed by atoms with Crippen molar-refractivity contribution in [3.63, 3.8) is 0 Å². The van der Waals surface area contributed by atoms with Gasteiger partial charge in [-0.2, -0.15) is 5.26 Å². The molecule has 1 N–H and O–H groups in total. The molecule has 6 heteroatoms. The van der Waals surface area contributed by atoms with Crippen molar-refractivity contribution in [1.82, 2.24) is 0 Å². The van der Waals surface area contributed by atoms with E-state index in [1.54, 1.807) is 18.2 Å². The number of nitrogens with one attached hydrogen (secondary N) is 1. The fourth-order valence-corrected chi connectivity index (χ4v) is 2.61. The van der Waals surface area contributed by atoms with Gasteiger partial charge in [0.15, 0.2) is 11.5 Å². The molecule has 0 aliphatic carbocycles. The molecule has 0 bridgehead atoms. The van der Waals surface area contributed by atoms with Crippen LogP contribution in [0.4, 0.5) is 5.69 Å². The third-order valence-corrected chi connectivity index (χ3v) is 4.24. The fraction of sp³-hybridized carbons (Fsp3) is 0.200. The summed E-state index contributed by atoms with van der Waals surface area (Å²) in [6.07, 6.45) is 1.47. The lowest BCUT2D eigenvalue weighted by Gasteiger charge is -2.10. The second-order valence-corrected chi connectivity index (χ2v) is 5.82. The van der Waals surface area contributed by atoms with Crippen LogP contribution in [0.5, 0.6) is 17.2 Å². The molecule has 1 heterocycles. The Morgan fingerprint density at radius 2 is 2.00 bits per heavy atom. The number of hydrogen-bond donors (Lipinski definition) is 1. The van der Waals surface area contributed by atoms with Gasteiger partial charge in [0.25, 0.3) is 5.91 Å². The van der Waals surface area contributed by atoms with Crippen LogP contribution in [0.25, 0.3) is 6.08 Å². The van der Waals surface area contributed by atoms with Crippen molar-refractivity contribution in [1.29, 1.82) is 5.26 Å². The van der Waals surface area contributed by atoms with Crippen LogP contribution in [0, 0.1) is 25.2 Å². The zero-order valence-electron chi connectivity index (χ0n) is 14.8. The van der Waals surface area contributed by atoms with Crippen molar-refractivity contribution in [3.8, 4) is 23.3 Å². The Kier molecular flexibility index (Phi) is 4.81. The number of nitriles is 1. The summed E-state index contributed by atoms with van der Waals surface area (Å²) in [6.45, 7) is 4.01. The van der Waals surface area contributed by atoms with E-state index < -0.39 is 5.91 Å². The number of rotatable bonds is 4. The second-order valence-electron chi connectivity index (χ2n) is 5.82. The summed E-state index contributed by atoms with van der Waals surface area (Å²) in [4.78, 5) is 12.5. The van der Waals surface area contributed by atoms with Crippen LogP contribution in [0.2, 0.25) is 0 Å². The number of ether oxygens (including phenoxy) is 3. The quantitative estimate of drug-likeness (QED) is 0.673. The highest BCUT2D eigenvalue weighted by Gasteiger charge is 2.19. The summed E-state index contributed by atoms with van der Waals surface area (Å²) in [5.41, 5.74) is 3.21. The van der Waals surface area contributed by atoms with Gasteiger partial charge in [0.05, 0.1) is 7.11 Å². The Labute approximate surface area is 151 Å². The Balaban J connectivity index is 1.92. The first-order chi connectivity index (χ1) is 12.5. The van der Waals surface area contributed by atoms with Crippen LogP contribution in [-0.4, -0.2) is 19.8 Å². The van der Waals surface area contributed by atoms with E-state index in [1.165, 1.54) is 13.2 Å². The van der Waals surface area contributed by atoms with Crippen molar-refractivity contribution in [2.45, 2.75) is 13.8 Å². The number of fused-ring (bicyclic) bond motifs is 1. The fourth-order valence-electron chi connectivity index (χ4n) is 2.61. The minimum Gasteiger partial charge on any atom is -0.496 e. The van der Waals surface area contributed by atoms with Gasteiger partial charge in [-0.1, -0.05) is 12.1 Å². The molecule has 0 spiro atoms. The first-order valence-electron chi connectivity index (χ1n) is 8.00. The maximum Gasteiger partial charge on any atom is 0.266 e. The van der Waals surface area contributed by atoms with Gasteiger partial charge in [-0.25, -0.2) is 0 Å². The van der Waals surface area contributed by atoms with Crippen LogP contribution in [-0.2, 0) is 4.79 Å². The van der Waals surface area contributed by atoms with Crippen LogP contribution >= 0.6 is 0 Å². The predicted octanol–water partition coefficient (Wildman–Crippen LogP) is 3.59. The summed E-state index contributed by atoms with van der Waals surface area (Å²) in [7, 11) is 1.51. The SMILES string of the molecule is COc1cc2c(cc1/C=C(\C#N)C(=O)Nc1cccc(C)c1C)OCO2. The molecular weight excluding hydrogens is 332 g/mol. The molecule has 132 valence electrons. The largest absolute Gasteiger partial charge is 0.496 e. The molecule has 0 saturated carbocycles. The zero-order chi connectivity index (χ0) is 18.7. The van der Waals surface area contributed by atoms with Crippen molar-refractivity contribution in [2.24, 2.45) is 0 Å². The number of benzene rings is 2. The molecule has 1 aliphatic rings. The topological polar surface area (TPSA) is 80.6 Å². The standard InChI is InChI=1S/C20H18N2O4/c1-12-5-4-6-16(13(12)2)22-20(23)15(10-21)7-14-8-18-19(26-11-25-18)9-17(14)24-3/h4-9H,11H2,1-3H3,(H,22,23)/b15-7+. The highest BCUT2D eigenvalue weighted by molar-refractivity contribution is 6.10. The van der Waals surface area contributed by atoms with Gasteiger partial charge in [0.1, 0.15) is 17.4 Å². The average molecular weight is 350 g/mol. The van der Waals surface area contributed by atoms with Gasteiger partial charge in [-0.15, -0.1) is 0 Å². The first kappa shape index (κ1) is 17.4. The lowest BCUT2D eigenvalue weighted by molar-refractivity contribution is -0.112. The van der Waals surface area contributed by atoms with E-state index in [4.69, 9.17) is 14.2 Å². The third kappa shape index (κ3) is 3.33. The van der Waals surface area contributed by atoms with Gasteiger partial charge in [0.2, 0.25) is 6.79 Å². The molecule has 1 aliphatic heterocycles. The second kappa shape index (κ2) is 7.19. The Bertz CT molecular complexity index is 942. The number of aryl methyl sites for hydroxylation is 1. The van der Waals surface area contributed by atoms with Crippen molar-refractivity contribution in [2.75, 3.05) is 19.2 Å². The lowest BCUT2D eigenvalue weighted by atomic mass is 10.1. The first-order valence-corrected chi connectivity index (χ1v) is 8.00. The van der Waals surface area contributed by atoms with Crippen molar-refractivity contribution in [3.05, 3.63) is 52.6 Å². The van der Waals surface area contributed by atoms with E-state index in [-0.39, 0.29) is 12.4 Å². The van der Waals surface area contributed by atoms with E-state index in [0.29, 0.717) is 28.5 Å². The van der Waals surface area contributed by atoms with Gasteiger partial charge < -0.3 is 19.5 Å². The van der Waals surface area contributed by atoms with Gasteiger partial charge >= 0.3 is 0 Å². The maximum atomic E-state index is 12.5. The van der Waals surface area contributed by atoms with E-state index in [0.717, 1.165) is 11.1 Å². The number of amides is 1. The number of nitrogens with zero attached hydrogens (tertiary/aromatic N) is 1. The summed E-state index contributed by atoms with van der Waals surface area (Å²) in [5, 5.41) is 12.2. The maximum absolute atomic E-state index is 12.5. The van der Waals surface area contributed by atoms with Crippen LogP contribution in [0.15, 0.2) is 35.9 Å². The van der Waals surface area contributed by atoms with E-state index in [2.05, 4.69) is 5.32 Å². The third-order valence-electron chi connectivity index (χ3n) is 4.24. The smallest absolute Gasteiger partial charge is 0.266 e. The number of methoxy groups -OCH3 is 1. The van der Waals surface area contributed by atoms with E-state index >= 15 is 0 Å². The van der Waals surface area contributed by atoms with Gasteiger partial charge in [0, 0.05) is 17.3 Å². The van der Waals surface area contributed by atoms with Crippen LogP contribution in [0.3, 0.4) is 0 Å². The molecule has 26 heavy (non-hydrogen) atoms. The number of carbonyl (C=O) groups excluding carboxylic acids is 1. The number of anilines is 1. The van der Waals surface area contributed by atoms with Crippen LogP contribution in [0.1, 0.15) is 16.7 Å². The Hall–Kier alpha value is -3.46. The molecular formula is C20H18N2O4. The molecule has 1 amide bonds. The highest BCUT2D eigenvalue weighted by Crippen LogP contribution is 2.38. The summed E-state index contributed by atoms with van der Waals surface area (Å²) >= 11 is 0. The van der Waals surface area contributed by atoms with Gasteiger partial charge in [-0.05, 0) is 43.2 Å². The summed E-state index contributed by atoms with van der Waals surface area (Å²) in [5.74, 6) is 1.11. The van der Waals surface area contributed by atoms with Crippen molar-refractivity contribution < 1.29 is 19.0 Å². The summed E-state index contributed by atoms with van der Waals surface area (Å²) in [6, 6.07) is 10.9. The molecule has 2 aromatic carbocycles. The zero-order valence-corrected chi connectivity index (χ0v) is 14.8. The number of hydrogen-bond acceptors (Lipinski definition) is 5. The number of carbonyl (C=O) groups is 1. The molecule has 2 aromatic rings. The average Bonchev–Trinajstić information content (AvgIpc) is 3.09. The molecule has 3 rings (SSSR count). The molecule has 0 radical (unpaired) electrons. The molecule has 0 atom stereocenters. The summed E-state index contributed by atoms with van der Waals surface area (Å²) < 4.78 is 16.0. The highest BCUT2D eigenvalue weighted by atomic mass is 16.7. The molecule has 6 nitrogen and oxygen atoms in total.